The minimum Gasteiger partial charge on any atom is -0.870 e. The van der Waals surface area contributed by atoms with E-state index in [1.54, 1.807) is 42.5 Å². The maximum Gasteiger partial charge on any atom is 0.274 e. The van der Waals surface area contributed by atoms with Crippen LogP contribution in [-0.2, 0) is 0 Å². The van der Waals surface area contributed by atoms with Crippen LogP contribution in [0, 0.1) is 0 Å². The normalized spacial score (nSPS) is 14.0. The first-order chi connectivity index (χ1) is 22.7. The molecule has 1 aliphatic carbocycles. The number of hydrogen-bond donors (Lipinski definition) is 1. The fourth-order valence-electron chi connectivity index (χ4n) is 5.17. The number of fused-ring (bicyclic) bond motifs is 2. The van der Waals surface area contributed by atoms with Gasteiger partial charge in [0.15, 0.2) is 0 Å². The van der Waals surface area contributed by atoms with Crippen molar-refractivity contribution in [3.05, 3.63) is 93.5 Å². The molecule has 3 amide bonds. The van der Waals surface area contributed by atoms with Crippen LogP contribution in [0.4, 0.5) is 11.4 Å². The van der Waals surface area contributed by atoms with E-state index in [1.165, 1.54) is 70.5 Å². The second kappa shape index (κ2) is 13.9. The second-order valence-electron chi connectivity index (χ2n) is 9.72. The van der Waals surface area contributed by atoms with Crippen molar-refractivity contribution in [1.82, 2.24) is 4.31 Å². The number of azo groups is 1. The largest absolute Gasteiger partial charge is 0.870 e. The Balaban J connectivity index is 1.44. The molecule has 0 fully saturated rings. The number of benzene rings is 3. The fraction of sp³-hybridized carbons (Fsp3) is 0.125. The Labute approximate surface area is 295 Å². The highest BCUT2D eigenvalue weighted by atomic mass is 32.2. The Morgan fingerprint density at radius 3 is 2.00 bits per heavy atom. The Morgan fingerprint density at radius 2 is 1.38 bits per heavy atom. The number of carbonyl (C=O) groups is 4. The molecule has 3 aromatic carbocycles. The molecule has 6 rings (SSSR count). The third-order valence-corrected chi connectivity index (χ3v) is 12.9. The topological polar surface area (TPSA) is 131 Å². The average molecular weight is 736 g/mol. The number of thioether (sulfide) groups is 4. The molecule has 0 radical (unpaired) electrons. The van der Waals surface area contributed by atoms with Crippen molar-refractivity contribution in [2.45, 2.75) is 23.8 Å². The summed E-state index contributed by atoms with van der Waals surface area (Å²) in [6.07, 6.45) is 7.59. The monoisotopic (exact) mass is 735 g/mol. The average Bonchev–Trinajstić information content (AvgIpc) is 3.76. The molecule has 2 aliphatic rings. The molecule has 1 aromatic heterocycles. The first-order valence-corrected chi connectivity index (χ1v) is 20.2. The van der Waals surface area contributed by atoms with Crippen LogP contribution in [0.5, 0.6) is 0 Å². The minimum atomic E-state index is -0.658. The molecule has 15 heteroatoms. The number of nitrogens with one attached hydrogen (secondary N) is 1. The van der Waals surface area contributed by atoms with Crippen molar-refractivity contribution in [3.63, 3.8) is 0 Å². The summed E-state index contributed by atoms with van der Waals surface area (Å²) < 4.78 is 1.71. The van der Waals surface area contributed by atoms with Gasteiger partial charge in [0.25, 0.3) is 17.7 Å². The van der Waals surface area contributed by atoms with Crippen molar-refractivity contribution in [1.29, 1.82) is 0 Å². The van der Waals surface area contributed by atoms with Gasteiger partial charge in [0.05, 0.1) is 26.7 Å². The number of imide groups is 1. The molecule has 1 aliphatic heterocycles. The summed E-state index contributed by atoms with van der Waals surface area (Å²) >= 11 is 8.14. The number of rotatable bonds is 10. The Morgan fingerprint density at radius 1 is 0.745 bits per heavy atom. The number of ketones is 1. The van der Waals surface area contributed by atoms with Crippen molar-refractivity contribution >= 4 is 111 Å². The molecule has 1 N–H and O–H groups in total. The highest BCUT2D eigenvalue weighted by molar-refractivity contribution is 8.04. The van der Waals surface area contributed by atoms with Crippen LogP contribution in [0.25, 0.3) is 5.76 Å². The van der Waals surface area contributed by atoms with Crippen LogP contribution in [0.15, 0.2) is 99.7 Å². The maximum atomic E-state index is 13.8. The fourth-order valence-corrected chi connectivity index (χ4v) is 11.0. The molecule has 9 nitrogen and oxygen atoms in total. The van der Waals surface area contributed by atoms with Gasteiger partial charge in [0.1, 0.15) is 5.70 Å². The summed E-state index contributed by atoms with van der Waals surface area (Å²) in [6.45, 7) is 0. The Bertz CT molecular complexity index is 2030. The zero-order valence-corrected chi connectivity index (χ0v) is 30.0. The van der Waals surface area contributed by atoms with Gasteiger partial charge in [-0.25, -0.2) is 4.31 Å². The predicted octanol–water partition coefficient (Wildman–Crippen LogP) is 8.20. The van der Waals surface area contributed by atoms with E-state index < -0.39 is 29.3 Å². The molecule has 0 saturated carbocycles. The van der Waals surface area contributed by atoms with Crippen molar-refractivity contribution in [2.24, 2.45) is 10.2 Å². The van der Waals surface area contributed by atoms with E-state index in [1.807, 2.05) is 30.4 Å². The standard InChI is InChI=1S/C32H24N4O5S6/c1-42-26-21-22(27(43-2)29(45-4)28(26)44-3)25(38)23(24(21)37)35-34-17-13-12-16(33-30(39)15-9-6-5-7-10-15)19-20(17)32(41)36(31(19)40)47-18-11-8-14-46-18/h5-14,37H,1-4H3,(H,33,39)/p-1. The maximum absolute atomic E-state index is 13.8. The van der Waals surface area contributed by atoms with Gasteiger partial charge in [-0.15, -0.1) is 68.6 Å². The lowest BCUT2D eigenvalue weighted by Gasteiger charge is -2.21. The number of hydrogen-bond acceptors (Lipinski definition) is 13. The molecule has 2 heterocycles. The molecule has 238 valence electrons. The number of nitrogens with zero attached hydrogens (tertiary/aromatic N) is 3. The molecule has 0 saturated heterocycles. The van der Waals surface area contributed by atoms with Crippen molar-refractivity contribution in [2.75, 3.05) is 30.3 Å². The van der Waals surface area contributed by atoms with Crippen LogP contribution >= 0.6 is 70.3 Å². The summed E-state index contributed by atoms with van der Waals surface area (Å²) in [5.41, 5.74) is 0.566. The number of carbonyl (C=O) groups excluding carboxylic acids is 4. The van der Waals surface area contributed by atoms with Crippen LogP contribution in [0.1, 0.15) is 47.0 Å². The van der Waals surface area contributed by atoms with E-state index in [0.29, 0.717) is 30.7 Å². The van der Waals surface area contributed by atoms with Gasteiger partial charge >= 0.3 is 0 Å². The summed E-state index contributed by atoms with van der Waals surface area (Å²) in [4.78, 5) is 57.7. The van der Waals surface area contributed by atoms with Gasteiger partial charge < -0.3 is 10.4 Å². The molecule has 0 unspecified atom stereocenters. The lowest BCUT2D eigenvalue weighted by atomic mass is 10.0. The van der Waals surface area contributed by atoms with Gasteiger partial charge in [0, 0.05) is 42.7 Å². The van der Waals surface area contributed by atoms with Crippen LogP contribution < -0.4 is 10.4 Å². The smallest absolute Gasteiger partial charge is 0.274 e. The lowest BCUT2D eigenvalue weighted by molar-refractivity contribution is -0.244. The quantitative estimate of drug-likeness (QED) is 0.0736. The van der Waals surface area contributed by atoms with Crippen LogP contribution in [0.3, 0.4) is 0 Å². The molecule has 0 atom stereocenters. The first kappa shape index (κ1) is 33.4. The van der Waals surface area contributed by atoms with E-state index in [2.05, 4.69) is 15.5 Å². The van der Waals surface area contributed by atoms with E-state index in [0.717, 1.165) is 26.0 Å². The zero-order valence-electron chi connectivity index (χ0n) is 25.1. The Kier molecular flexibility index (Phi) is 9.92. The number of allylic oxidation sites excluding steroid dienone is 1. The summed E-state index contributed by atoms with van der Waals surface area (Å²) in [7, 11) is 0. The molecule has 4 aromatic rings. The summed E-state index contributed by atoms with van der Waals surface area (Å²) in [5.74, 6) is -2.85. The highest BCUT2D eigenvalue weighted by Gasteiger charge is 2.42. The number of anilines is 1. The number of amides is 3. The zero-order chi connectivity index (χ0) is 33.4. The van der Waals surface area contributed by atoms with Gasteiger partial charge in [-0.1, -0.05) is 30.0 Å². The van der Waals surface area contributed by atoms with Gasteiger partial charge in [0.2, 0.25) is 5.78 Å². The van der Waals surface area contributed by atoms with Crippen LogP contribution in [-0.4, -0.2) is 52.8 Å². The molecular formula is C32H23N4O5S6-. The third-order valence-electron chi connectivity index (χ3n) is 7.22. The lowest BCUT2D eigenvalue weighted by Crippen LogP contribution is -2.22. The van der Waals surface area contributed by atoms with E-state index in [-0.39, 0.29) is 28.2 Å². The third kappa shape index (κ3) is 5.82. The minimum absolute atomic E-state index is 0.0146. The molecular weight excluding hydrogens is 713 g/mol. The van der Waals surface area contributed by atoms with E-state index in [4.69, 9.17) is 0 Å². The van der Waals surface area contributed by atoms with Gasteiger partial charge in [-0.2, -0.15) is 0 Å². The molecule has 0 spiro atoms. The predicted molar refractivity (Wildman–Crippen MR) is 191 cm³/mol. The number of thiophene rings is 1. The summed E-state index contributed by atoms with van der Waals surface area (Å²) in [5, 5.41) is 26.8. The Hall–Kier alpha value is -3.47. The first-order valence-electron chi connectivity index (χ1n) is 13.7. The number of Topliss-reactive ketones (excluding diaryl/α,β-unsaturated/α-hetero) is 1. The van der Waals surface area contributed by atoms with Crippen LogP contribution in [0.2, 0.25) is 0 Å². The molecule has 0 bridgehead atoms. The molecule has 47 heavy (non-hydrogen) atoms. The van der Waals surface area contributed by atoms with Gasteiger partial charge in [-0.05, 0) is 66.3 Å². The van der Waals surface area contributed by atoms with E-state index >= 15 is 0 Å². The second-order valence-corrected chi connectivity index (χ2v) is 15.2. The van der Waals surface area contributed by atoms with Gasteiger partial charge in [-0.3, -0.25) is 19.2 Å². The van der Waals surface area contributed by atoms with E-state index in [9.17, 15) is 24.3 Å². The SMILES string of the molecule is CSc1c(SC)c(SC)c2c(c1SC)C(=O)C(N=Nc1ccc(NC(=O)c3ccccc3)c3c1C(=O)N(Sc1cccs1)C3=O)=C2[O-]. The highest BCUT2D eigenvalue weighted by Crippen LogP contribution is 2.51. The van der Waals surface area contributed by atoms with Crippen molar-refractivity contribution in [3.8, 4) is 0 Å². The van der Waals surface area contributed by atoms with Crippen molar-refractivity contribution < 1.29 is 24.3 Å². The summed E-state index contributed by atoms with van der Waals surface area (Å²) in [6, 6.07) is 14.9.